The molecule has 1 atom stereocenters. The van der Waals surface area contributed by atoms with Crippen LogP contribution in [0.2, 0.25) is 0 Å². The van der Waals surface area contributed by atoms with Crippen LogP contribution in [0.15, 0.2) is 42.7 Å². The van der Waals surface area contributed by atoms with E-state index in [0.29, 0.717) is 6.54 Å². The highest BCUT2D eigenvalue weighted by Crippen LogP contribution is 2.19. The fourth-order valence-electron chi connectivity index (χ4n) is 2.61. The molecule has 110 valence electrons. The SMILES string of the molecule is O=C(Nc1ccc(-n2cccn2)cc1)N1CCC[C@H]1CO. The second-order valence-electron chi connectivity index (χ2n) is 5.10. The van der Waals surface area contributed by atoms with E-state index in [2.05, 4.69) is 10.4 Å². The van der Waals surface area contributed by atoms with E-state index < -0.39 is 0 Å². The van der Waals surface area contributed by atoms with Gasteiger partial charge < -0.3 is 15.3 Å². The predicted octanol–water partition coefficient (Wildman–Crippen LogP) is 1.86. The van der Waals surface area contributed by atoms with Crippen molar-refractivity contribution in [2.45, 2.75) is 18.9 Å². The number of aromatic nitrogens is 2. The van der Waals surface area contributed by atoms with Crippen LogP contribution in [0.1, 0.15) is 12.8 Å². The molecule has 1 aromatic heterocycles. The molecule has 1 aliphatic heterocycles. The molecule has 6 nitrogen and oxygen atoms in total. The quantitative estimate of drug-likeness (QED) is 0.904. The summed E-state index contributed by atoms with van der Waals surface area (Å²) in [5.41, 5.74) is 1.67. The molecular weight excluding hydrogens is 268 g/mol. The minimum atomic E-state index is -0.154. The highest BCUT2D eigenvalue weighted by atomic mass is 16.3. The van der Waals surface area contributed by atoms with Crippen LogP contribution >= 0.6 is 0 Å². The van der Waals surface area contributed by atoms with Gasteiger partial charge in [-0.05, 0) is 43.2 Å². The summed E-state index contributed by atoms with van der Waals surface area (Å²) in [7, 11) is 0. The molecule has 6 heteroatoms. The molecule has 1 aliphatic rings. The molecule has 2 N–H and O–H groups in total. The van der Waals surface area contributed by atoms with E-state index in [1.165, 1.54) is 0 Å². The third kappa shape index (κ3) is 2.90. The minimum absolute atomic E-state index is 0.0195. The summed E-state index contributed by atoms with van der Waals surface area (Å²) in [6, 6.07) is 9.13. The second-order valence-corrected chi connectivity index (χ2v) is 5.10. The van der Waals surface area contributed by atoms with E-state index in [4.69, 9.17) is 0 Å². The van der Waals surface area contributed by atoms with Crippen LogP contribution in [-0.4, -0.2) is 45.0 Å². The second kappa shape index (κ2) is 5.97. The molecule has 0 saturated carbocycles. The fraction of sp³-hybridized carbons (Fsp3) is 0.333. The summed E-state index contributed by atoms with van der Waals surface area (Å²) in [6.45, 7) is 0.716. The number of hydrogen-bond donors (Lipinski definition) is 2. The smallest absolute Gasteiger partial charge is 0.322 e. The van der Waals surface area contributed by atoms with Gasteiger partial charge in [-0.1, -0.05) is 0 Å². The lowest BCUT2D eigenvalue weighted by molar-refractivity contribution is 0.166. The summed E-state index contributed by atoms with van der Waals surface area (Å²) in [5.74, 6) is 0. The Morgan fingerprint density at radius 2 is 2.19 bits per heavy atom. The van der Waals surface area contributed by atoms with Gasteiger partial charge in [-0.3, -0.25) is 0 Å². The number of likely N-dealkylation sites (tertiary alicyclic amines) is 1. The molecule has 0 bridgehead atoms. The van der Waals surface area contributed by atoms with Crippen molar-refractivity contribution in [2.75, 3.05) is 18.5 Å². The molecule has 1 aromatic carbocycles. The number of hydrogen-bond acceptors (Lipinski definition) is 3. The van der Waals surface area contributed by atoms with Crippen LogP contribution in [0.5, 0.6) is 0 Å². The molecule has 3 rings (SSSR count). The number of amides is 2. The first-order valence-electron chi connectivity index (χ1n) is 7.06. The highest BCUT2D eigenvalue weighted by Gasteiger charge is 2.27. The number of nitrogens with zero attached hydrogens (tertiary/aromatic N) is 3. The molecule has 21 heavy (non-hydrogen) atoms. The number of rotatable bonds is 3. The maximum Gasteiger partial charge on any atom is 0.322 e. The van der Waals surface area contributed by atoms with Gasteiger partial charge >= 0.3 is 6.03 Å². The zero-order chi connectivity index (χ0) is 14.7. The van der Waals surface area contributed by atoms with Gasteiger partial charge in [0.25, 0.3) is 0 Å². The Morgan fingerprint density at radius 3 is 2.86 bits per heavy atom. The summed E-state index contributed by atoms with van der Waals surface area (Å²) >= 11 is 0. The van der Waals surface area contributed by atoms with E-state index in [0.717, 1.165) is 24.2 Å². The predicted molar refractivity (Wildman–Crippen MR) is 79.4 cm³/mol. The van der Waals surface area contributed by atoms with Crippen LogP contribution in [0, 0.1) is 0 Å². The fourth-order valence-corrected chi connectivity index (χ4v) is 2.61. The Hall–Kier alpha value is -2.34. The Morgan fingerprint density at radius 1 is 1.38 bits per heavy atom. The first-order valence-corrected chi connectivity index (χ1v) is 7.06. The van der Waals surface area contributed by atoms with Gasteiger partial charge in [0.05, 0.1) is 18.3 Å². The number of aliphatic hydroxyl groups excluding tert-OH is 1. The molecule has 0 unspecified atom stereocenters. The van der Waals surface area contributed by atoms with Crippen molar-refractivity contribution in [1.82, 2.24) is 14.7 Å². The molecule has 2 aromatic rings. The molecular formula is C15H18N4O2. The lowest BCUT2D eigenvalue weighted by atomic mass is 10.2. The highest BCUT2D eigenvalue weighted by molar-refractivity contribution is 5.89. The van der Waals surface area contributed by atoms with Crippen LogP contribution in [-0.2, 0) is 0 Å². The first-order chi connectivity index (χ1) is 10.3. The monoisotopic (exact) mass is 286 g/mol. The normalized spacial score (nSPS) is 18.0. The standard InChI is InChI=1S/C15H18N4O2/c20-11-14-3-1-9-18(14)15(21)17-12-4-6-13(7-5-12)19-10-2-8-16-19/h2,4-8,10,14,20H,1,3,9,11H2,(H,17,21)/t14-/m0/s1. The average Bonchev–Trinajstić information content (AvgIpc) is 3.19. The Kier molecular flexibility index (Phi) is 3.87. The maximum absolute atomic E-state index is 12.2. The first kappa shape index (κ1) is 13.6. The summed E-state index contributed by atoms with van der Waals surface area (Å²) in [5, 5.41) is 16.3. The van der Waals surface area contributed by atoms with Crippen LogP contribution < -0.4 is 5.32 Å². The summed E-state index contributed by atoms with van der Waals surface area (Å²) < 4.78 is 1.76. The molecule has 2 heterocycles. The minimum Gasteiger partial charge on any atom is -0.394 e. The lowest BCUT2D eigenvalue weighted by Crippen LogP contribution is -2.40. The van der Waals surface area contributed by atoms with E-state index >= 15 is 0 Å². The van der Waals surface area contributed by atoms with E-state index in [1.807, 2.05) is 36.5 Å². The largest absolute Gasteiger partial charge is 0.394 e. The molecule has 0 spiro atoms. The van der Waals surface area contributed by atoms with Gasteiger partial charge in [-0.25, -0.2) is 9.48 Å². The number of nitrogens with one attached hydrogen (secondary N) is 1. The molecule has 0 aliphatic carbocycles. The Bertz CT molecular complexity index is 595. The van der Waals surface area contributed by atoms with Gasteiger partial charge in [0.2, 0.25) is 0 Å². The number of benzene rings is 1. The van der Waals surface area contributed by atoms with Crippen LogP contribution in [0.25, 0.3) is 5.69 Å². The average molecular weight is 286 g/mol. The summed E-state index contributed by atoms with van der Waals surface area (Å²) in [4.78, 5) is 13.9. The molecule has 0 radical (unpaired) electrons. The van der Waals surface area contributed by atoms with Crippen molar-refractivity contribution in [1.29, 1.82) is 0 Å². The third-order valence-corrected chi connectivity index (χ3v) is 3.74. The molecule has 1 saturated heterocycles. The number of anilines is 1. The zero-order valence-electron chi connectivity index (χ0n) is 11.6. The lowest BCUT2D eigenvalue weighted by Gasteiger charge is -2.23. The van der Waals surface area contributed by atoms with E-state index in [9.17, 15) is 9.90 Å². The van der Waals surface area contributed by atoms with E-state index in [1.54, 1.807) is 15.8 Å². The number of aliphatic hydroxyl groups is 1. The van der Waals surface area contributed by atoms with Crippen molar-refractivity contribution >= 4 is 11.7 Å². The van der Waals surface area contributed by atoms with Gasteiger partial charge in [-0.2, -0.15) is 5.10 Å². The summed E-state index contributed by atoms with van der Waals surface area (Å²) in [6.07, 6.45) is 5.39. The van der Waals surface area contributed by atoms with Crippen LogP contribution in [0.3, 0.4) is 0 Å². The van der Waals surface area contributed by atoms with Gasteiger partial charge in [0.1, 0.15) is 0 Å². The topological polar surface area (TPSA) is 70.4 Å². The van der Waals surface area contributed by atoms with Crippen LogP contribution in [0.4, 0.5) is 10.5 Å². The van der Waals surface area contributed by atoms with Crippen molar-refractivity contribution in [3.63, 3.8) is 0 Å². The Balaban J connectivity index is 1.66. The number of urea groups is 1. The zero-order valence-corrected chi connectivity index (χ0v) is 11.6. The third-order valence-electron chi connectivity index (χ3n) is 3.74. The van der Waals surface area contributed by atoms with Gasteiger partial charge in [0, 0.05) is 24.6 Å². The molecule has 1 fully saturated rings. The van der Waals surface area contributed by atoms with E-state index in [-0.39, 0.29) is 18.7 Å². The number of carbonyl (C=O) groups is 1. The van der Waals surface area contributed by atoms with Crippen molar-refractivity contribution in [3.8, 4) is 5.69 Å². The molecule has 2 amide bonds. The number of carbonyl (C=O) groups excluding carboxylic acids is 1. The Labute approximate surface area is 123 Å². The van der Waals surface area contributed by atoms with Gasteiger partial charge in [-0.15, -0.1) is 0 Å². The van der Waals surface area contributed by atoms with Crippen molar-refractivity contribution < 1.29 is 9.90 Å². The van der Waals surface area contributed by atoms with Crippen molar-refractivity contribution in [2.24, 2.45) is 0 Å². The van der Waals surface area contributed by atoms with Crippen molar-refractivity contribution in [3.05, 3.63) is 42.7 Å². The maximum atomic E-state index is 12.2. The van der Waals surface area contributed by atoms with Gasteiger partial charge in [0.15, 0.2) is 0 Å².